The van der Waals surface area contributed by atoms with E-state index in [9.17, 15) is 0 Å². The topological polar surface area (TPSA) is 12.4 Å². The number of hydrogen-bond donors (Lipinski definition) is 0. The molecule has 40 valence electrons. The van der Waals surface area contributed by atoms with Gasteiger partial charge in [-0.15, -0.1) is 0 Å². The van der Waals surface area contributed by atoms with E-state index in [-0.39, 0.29) is 0 Å². The number of rotatable bonds is 0. The van der Waals surface area contributed by atoms with Crippen LogP contribution in [0.2, 0.25) is 0 Å². The molecule has 1 heterocycles. The van der Waals surface area contributed by atoms with Gasteiger partial charge in [0.05, 0.1) is 6.20 Å². The fourth-order valence-corrected chi connectivity index (χ4v) is 0.474. The lowest BCUT2D eigenvalue weighted by molar-refractivity contribution is 1.51. The molecule has 0 saturated carbocycles. The van der Waals surface area contributed by atoms with E-state index in [1.54, 1.807) is 0 Å². The summed E-state index contributed by atoms with van der Waals surface area (Å²) in [6.07, 6.45) is 1.50. The molecule has 0 N–H and O–H groups in total. The highest BCUT2D eigenvalue weighted by Crippen LogP contribution is 2.01. The third kappa shape index (κ3) is 0.907. The molecule has 0 amide bonds. The predicted octanol–water partition coefficient (Wildman–Crippen LogP) is 1.85. The van der Waals surface area contributed by atoms with Gasteiger partial charge in [-0.1, -0.05) is 17.3 Å². The minimum Gasteiger partial charge on any atom is -0.235 e. The highest BCUT2D eigenvalue weighted by Gasteiger charge is 1.94. The van der Waals surface area contributed by atoms with Crippen molar-refractivity contribution in [1.29, 1.82) is 0 Å². The summed E-state index contributed by atoms with van der Waals surface area (Å²) >= 11 is 5.55. The molecule has 0 aromatic heterocycles. The van der Waals surface area contributed by atoms with Gasteiger partial charge in [0.1, 0.15) is 5.17 Å². The van der Waals surface area contributed by atoms with E-state index in [0.717, 1.165) is 5.57 Å². The van der Waals surface area contributed by atoms with Gasteiger partial charge in [0.2, 0.25) is 0 Å². The Kier molecular flexibility index (Phi) is 1.36. The lowest BCUT2D eigenvalue weighted by atomic mass is 10.3. The Hall–Kier alpha value is -0.740. The summed E-state index contributed by atoms with van der Waals surface area (Å²) in [7, 11) is 0. The van der Waals surface area contributed by atoms with Gasteiger partial charge >= 0.3 is 0 Å². The van der Waals surface area contributed by atoms with Crippen LogP contribution in [0.5, 0.6) is 0 Å². The molecule has 0 radical (unpaired) electrons. The molecule has 0 atom stereocenters. The summed E-state index contributed by atoms with van der Waals surface area (Å²) in [5.41, 5.74) is 6.30. The Morgan fingerprint density at radius 1 is 1.75 bits per heavy atom. The molecule has 1 aliphatic rings. The Morgan fingerprint density at radius 3 is 2.88 bits per heavy atom. The van der Waals surface area contributed by atoms with Crippen molar-refractivity contribution in [2.45, 2.75) is 6.92 Å². The highest BCUT2D eigenvalue weighted by atomic mass is 35.5. The number of nitrogens with zero attached hydrogens (tertiary/aromatic N) is 1. The second kappa shape index (κ2) is 2.02. The summed E-state index contributed by atoms with van der Waals surface area (Å²) in [5, 5.41) is 0.503. The largest absolute Gasteiger partial charge is 0.235 e. The zero-order valence-electron chi connectivity index (χ0n) is 4.40. The Morgan fingerprint density at radius 2 is 2.50 bits per heavy atom. The van der Waals surface area contributed by atoms with Gasteiger partial charge in [-0.3, -0.25) is 0 Å². The molecule has 0 bridgehead atoms. The van der Waals surface area contributed by atoms with E-state index in [1.165, 1.54) is 6.20 Å². The number of hydrogen-bond acceptors (Lipinski definition) is 1. The first-order valence-corrected chi connectivity index (χ1v) is 2.59. The Bertz CT molecular complexity index is 225. The zero-order chi connectivity index (χ0) is 5.98. The van der Waals surface area contributed by atoms with Gasteiger partial charge < -0.3 is 0 Å². The zero-order valence-corrected chi connectivity index (χ0v) is 5.16. The Labute approximate surface area is 52.7 Å². The van der Waals surface area contributed by atoms with Crippen molar-refractivity contribution in [2.24, 2.45) is 4.99 Å². The van der Waals surface area contributed by atoms with Crippen LogP contribution in [0.15, 0.2) is 28.2 Å². The van der Waals surface area contributed by atoms with Crippen molar-refractivity contribution >= 4 is 16.8 Å². The van der Waals surface area contributed by atoms with Crippen molar-refractivity contribution in [3.63, 3.8) is 0 Å². The third-order valence-corrected chi connectivity index (χ3v) is 1.19. The van der Waals surface area contributed by atoms with E-state index < -0.39 is 0 Å². The lowest BCUT2D eigenvalue weighted by Gasteiger charge is -1.90. The van der Waals surface area contributed by atoms with Gasteiger partial charge in [0.25, 0.3) is 0 Å². The highest BCUT2D eigenvalue weighted by molar-refractivity contribution is 6.69. The molecule has 8 heavy (non-hydrogen) atoms. The van der Waals surface area contributed by atoms with Crippen molar-refractivity contribution in [2.75, 3.05) is 0 Å². The molecule has 1 aliphatic heterocycles. The average Bonchev–Trinajstić information content (AvgIpc) is 1.77. The molecule has 0 spiro atoms. The molecule has 0 fully saturated rings. The average molecular weight is 126 g/mol. The fraction of sp³-hybridized carbons (Fsp3) is 0.167. The van der Waals surface area contributed by atoms with Crippen molar-refractivity contribution < 1.29 is 0 Å². The normalized spacial score (nSPS) is 15.8. The molecule has 1 nitrogen and oxygen atoms in total. The van der Waals surface area contributed by atoms with Gasteiger partial charge in [-0.2, -0.15) is 0 Å². The number of halogens is 1. The van der Waals surface area contributed by atoms with Gasteiger partial charge in [0.15, 0.2) is 0 Å². The van der Waals surface area contributed by atoms with Crippen LogP contribution in [0.3, 0.4) is 0 Å². The van der Waals surface area contributed by atoms with E-state index in [1.807, 2.05) is 6.92 Å². The van der Waals surface area contributed by atoms with Crippen LogP contribution in [0.25, 0.3) is 0 Å². The fourth-order valence-electron chi connectivity index (χ4n) is 0.378. The summed E-state index contributed by atoms with van der Waals surface area (Å²) in [4.78, 5) is 3.76. The van der Waals surface area contributed by atoms with Crippen molar-refractivity contribution in [3.8, 4) is 0 Å². The molecular formula is C6H4ClN. The van der Waals surface area contributed by atoms with Crippen LogP contribution in [0.4, 0.5) is 0 Å². The Balaban J connectivity index is 3.14. The SMILES string of the molecule is CC1=C=C=CN=C1Cl. The van der Waals surface area contributed by atoms with E-state index in [0.29, 0.717) is 5.17 Å². The van der Waals surface area contributed by atoms with Gasteiger partial charge in [-0.25, -0.2) is 4.99 Å². The molecule has 0 unspecified atom stereocenters. The first kappa shape index (κ1) is 5.40. The first-order valence-electron chi connectivity index (χ1n) is 2.21. The lowest BCUT2D eigenvalue weighted by Crippen LogP contribution is -1.86. The van der Waals surface area contributed by atoms with Crippen LogP contribution >= 0.6 is 11.6 Å². The standard InChI is InChI=1S/C6H4ClN/c1-5-3-2-4-8-6(5)7/h4H,1H3. The minimum atomic E-state index is 0.503. The quantitative estimate of drug-likeness (QED) is 0.438. The van der Waals surface area contributed by atoms with Crippen LogP contribution in [-0.4, -0.2) is 5.17 Å². The molecule has 0 aromatic carbocycles. The minimum absolute atomic E-state index is 0.503. The number of allylic oxidation sites excluding steroid dienone is 1. The monoisotopic (exact) mass is 125 g/mol. The van der Waals surface area contributed by atoms with Crippen molar-refractivity contribution in [3.05, 3.63) is 23.2 Å². The van der Waals surface area contributed by atoms with Crippen LogP contribution < -0.4 is 0 Å². The maximum atomic E-state index is 5.55. The smallest absolute Gasteiger partial charge is 0.141 e. The van der Waals surface area contributed by atoms with Crippen LogP contribution in [-0.2, 0) is 0 Å². The summed E-state index contributed by atoms with van der Waals surface area (Å²) < 4.78 is 0. The van der Waals surface area contributed by atoms with Gasteiger partial charge in [-0.05, 0) is 12.7 Å². The van der Waals surface area contributed by atoms with E-state index in [4.69, 9.17) is 11.6 Å². The van der Waals surface area contributed by atoms with Crippen molar-refractivity contribution in [1.82, 2.24) is 0 Å². The van der Waals surface area contributed by atoms with Crippen LogP contribution in [0, 0.1) is 0 Å². The predicted molar refractivity (Wildman–Crippen MR) is 34.1 cm³/mol. The maximum Gasteiger partial charge on any atom is 0.141 e. The second-order valence-corrected chi connectivity index (χ2v) is 1.80. The van der Waals surface area contributed by atoms with E-state index in [2.05, 4.69) is 16.5 Å². The summed E-state index contributed by atoms with van der Waals surface area (Å²) in [6.45, 7) is 1.84. The first-order chi connectivity index (χ1) is 3.80. The second-order valence-electron chi connectivity index (χ2n) is 1.44. The van der Waals surface area contributed by atoms with Crippen LogP contribution in [0.1, 0.15) is 6.92 Å². The van der Waals surface area contributed by atoms with E-state index >= 15 is 0 Å². The molecule has 0 saturated heterocycles. The molecule has 1 rings (SSSR count). The molecular weight excluding hydrogens is 122 g/mol. The molecule has 2 heteroatoms. The molecule has 0 aliphatic carbocycles. The van der Waals surface area contributed by atoms with Gasteiger partial charge in [0, 0.05) is 5.57 Å². The summed E-state index contributed by atoms with van der Waals surface area (Å²) in [5.74, 6) is 0. The summed E-state index contributed by atoms with van der Waals surface area (Å²) in [6, 6.07) is 0. The maximum absolute atomic E-state index is 5.55. The third-order valence-electron chi connectivity index (χ3n) is 0.812. The molecule has 0 aromatic rings. The number of aliphatic imine (C=N–C) groups is 1.